The van der Waals surface area contributed by atoms with Gasteiger partial charge in [0.05, 0.1) is 0 Å². The highest BCUT2D eigenvalue weighted by molar-refractivity contribution is 5.90. The van der Waals surface area contributed by atoms with E-state index in [1.807, 2.05) is 24.3 Å². The summed E-state index contributed by atoms with van der Waals surface area (Å²) in [5.74, 6) is 1.11. The summed E-state index contributed by atoms with van der Waals surface area (Å²) in [6, 6.07) is 7.61. The molecule has 0 aromatic heterocycles. The SMILES string of the molecule is CC(C)C(CCN)CCC(=O)Nc1ccc(CCO)cc1. The lowest BCUT2D eigenvalue weighted by atomic mass is 9.88. The Morgan fingerprint density at radius 3 is 2.43 bits per heavy atom. The lowest BCUT2D eigenvalue weighted by Crippen LogP contribution is -2.18. The molecule has 0 aliphatic heterocycles. The van der Waals surface area contributed by atoms with Crippen molar-refractivity contribution in [3.8, 4) is 0 Å². The number of anilines is 1. The maximum Gasteiger partial charge on any atom is 0.224 e. The highest BCUT2D eigenvalue weighted by atomic mass is 16.2. The maximum atomic E-state index is 12.0. The molecule has 1 rings (SSSR count). The summed E-state index contributed by atoms with van der Waals surface area (Å²) in [5.41, 5.74) is 7.49. The van der Waals surface area contributed by atoms with Crippen LogP contribution in [-0.2, 0) is 11.2 Å². The number of benzene rings is 1. The van der Waals surface area contributed by atoms with Gasteiger partial charge in [-0.1, -0.05) is 26.0 Å². The molecule has 0 aliphatic rings. The van der Waals surface area contributed by atoms with Crippen LogP contribution in [-0.4, -0.2) is 24.2 Å². The molecule has 4 N–H and O–H groups in total. The number of aliphatic hydroxyl groups excluding tert-OH is 1. The third-order valence-corrected chi connectivity index (χ3v) is 3.86. The van der Waals surface area contributed by atoms with Crippen LogP contribution in [0.4, 0.5) is 5.69 Å². The molecular formula is C17H28N2O2. The van der Waals surface area contributed by atoms with Gasteiger partial charge in [-0.05, 0) is 55.3 Å². The number of nitrogens with one attached hydrogen (secondary N) is 1. The number of nitrogens with two attached hydrogens (primary N) is 1. The number of hydrogen-bond acceptors (Lipinski definition) is 3. The fourth-order valence-corrected chi connectivity index (χ4v) is 2.45. The normalized spacial score (nSPS) is 12.4. The minimum atomic E-state index is 0.0487. The average molecular weight is 292 g/mol. The first-order chi connectivity index (χ1) is 10.1. The second kappa shape index (κ2) is 9.53. The van der Waals surface area contributed by atoms with Crippen LogP contribution in [0.2, 0.25) is 0 Å². The van der Waals surface area contributed by atoms with Crippen molar-refractivity contribution >= 4 is 11.6 Å². The zero-order valence-electron chi connectivity index (χ0n) is 13.1. The number of hydrogen-bond donors (Lipinski definition) is 3. The molecule has 0 saturated carbocycles. The van der Waals surface area contributed by atoms with Crippen LogP contribution in [0.15, 0.2) is 24.3 Å². The topological polar surface area (TPSA) is 75.4 Å². The molecule has 21 heavy (non-hydrogen) atoms. The lowest BCUT2D eigenvalue weighted by Gasteiger charge is -2.19. The van der Waals surface area contributed by atoms with E-state index in [0.29, 0.717) is 31.2 Å². The summed E-state index contributed by atoms with van der Waals surface area (Å²) in [7, 11) is 0. The summed E-state index contributed by atoms with van der Waals surface area (Å²) in [4.78, 5) is 12.0. The molecule has 0 spiro atoms. The quantitative estimate of drug-likeness (QED) is 0.655. The fraction of sp³-hybridized carbons (Fsp3) is 0.588. The van der Waals surface area contributed by atoms with Crippen molar-refractivity contribution < 1.29 is 9.90 Å². The number of carbonyl (C=O) groups excluding carboxylic acids is 1. The molecule has 1 atom stereocenters. The van der Waals surface area contributed by atoms with Gasteiger partial charge in [0.2, 0.25) is 5.91 Å². The van der Waals surface area contributed by atoms with Gasteiger partial charge in [0, 0.05) is 18.7 Å². The second-order valence-corrected chi connectivity index (χ2v) is 5.84. The highest BCUT2D eigenvalue weighted by Gasteiger charge is 2.14. The Bertz CT molecular complexity index is 415. The van der Waals surface area contributed by atoms with E-state index in [4.69, 9.17) is 10.8 Å². The summed E-state index contributed by atoms with van der Waals surface area (Å²) < 4.78 is 0. The standard InChI is InChI=1S/C17H28N2O2/c1-13(2)15(9-11-18)5-8-17(21)19-16-6-3-14(4-7-16)10-12-20/h3-4,6-7,13,15,20H,5,8-12,18H2,1-2H3,(H,19,21). The van der Waals surface area contributed by atoms with Gasteiger partial charge in [-0.25, -0.2) is 0 Å². The zero-order chi connectivity index (χ0) is 15.7. The number of aliphatic hydroxyl groups is 1. The molecule has 4 heteroatoms. The molecule has 0 bridgehead atoms. The number of rotatable bonds is 9. The van der Waals surface area contributed by atoms with Gasteiger partial charge in [-0.2, -0.15) is 0 Å². The Morgan fingerprint density at radius 1 is 1.24 bits per heavy atom. The van der Waals surface area contributed by atoms with Crippen LogP contribution in [0.3, 0.4) is 0 Å². The third kappa shape index (κ3) is 6.74. The Kier molecular flexibility index (Phi) is 8.01. The van der Waals surface area contributed by atoms with Gasteiger partial charge < -0.3 is 16.2 Å². The van der Waals surface area contributed by atoms with E-state index in [-0.39, 0.29) is 12.5 Å². The predicted octanol–water partition coefficient (Wildman–Crippen LogP) is 2.56. The minimum absolute atomic E-state index is 0.0487. The average Bonchev–Trinajstić information content (AvgIpc) is 2.45. The van der Waals surface area contributed by atoms with Crippen LogP contribution in [0, 0.1) is 11.8 Å². The molecular weight excluding hydrogens is 264 g/mol. The maximum absolute atomic E-state index is 12.0. The third-order valence-electron chi connectivity index (χ3n) is 3.86. The summed E-state index contributed by atoms with van der Waals surface area (Å²) in [6.07, 6.45) is 3.02. The molecule has 1 aromatic rings. The van der Waals surface area contributed by atoms with Crippen molar-refractivity contribution in [3.05, 3.63) is 29.8 Å². The predicted molar refractivity (Wildman–Crippen MR) is 87.1 cm³/mol. The zero-order valence-corrected chi connectivity index (χ0v) is 13.1. The summed E-state index contributed by atoms with van der Waals surface area (Å²) >= 11 is 0. The Hall–Kier alpha value is -1.39. The van der Waals surface area contributed by atoms with Crippen LogP contribution >= 0.6 is 0 Å². The van der Waals surface area contributed by atoms with Crippen molar-refractivity contribution in [2.75, 3.05) is 18.5 Å². The summed E-state index contributed by atoms with van der Waals surface area (Å²) in [5, 5.41) is 11.8. The molecule has 1 amide bonds. The van der Waals surface area contributed by atoms with Crippen LogP contribution in [0.1, 0.15) is 38.7 Å². The van der Waals surface area contributed by atoms with E-state index >= 15 is 0 Å². The molecule has 118 valence electrons. The van der Waals surface area contributed by atoms with E-state index < -0.39 is 0 Å². The highest BCUT2D eigenvalue weighted by Crippen LogP contribution is 2.21. The van der Waals surface area contributed by atoms with Crippen molar-refractivity contribution in [2.24, 2.45) is 17.6 Å². The smallest absolute Gasteiger partial charge is 0.224 e. The molecule has 1 aromatic carbocycles. The van der Waals surface area contributed by atoms with Crippen molar-refractivity contribution in [1.82, 2.24) is 0 Å². The lowest BCUT2D eigenvalue weighted by molar-refractivity contribution is -0.116. The molecule has 4 nitrogen and oxygen atoms in total. The second-order valence-electron chi connectivity index (χ2n) is 5.84. The molecule has 0 aliphatic carbocycles. The van der Waals surface area contributed by atoms with Crippen molar-refractivity contribution in [2.45, 2.75) is 39.5 Å². The molecule has 0 radical (unpaired) electrons. The van der Waals surface area contributed by atoms with Crippen LogP contribution in [0.25, 0.3) is 0 Å². The van der Waals surface area contributed by atoms with E-state index in [0.717, 1.165) is 24.1 Å². The van der Waals surface area contributed by atoms with Crippen LogP contribution in [0.5, 0.6) is 0 Å². The Balaban J connectivity index is 2.42. The first-order valence-electron chi connectivity index (χ1n) is 7.76. The van der Waals surface area contributed by atoms with E-state index in [1.54, 1.807) is 0 Å². The number of amides is 1. The van der Waals surface area contributed by atoms with Crippen LogP contribution < -0.4 is 11.1 Å². The molecule has 0 fully saturated rings. The van der Waals surface area contributed by atoms with E-state index in [2.05, 4.69) is 19.2 Å². The Labute approximate surface area is 127 Å². The first-order valence-corrected chi connectivity index (χ1v) is 7.76. The molecule has 0 heterocycles. The fourth-order valence-electron chi connectivity index (χ4n) is 2.45. The van der Waals surface area contributed by atoms with E-state index in [1.165, 1.54) is 0 Å². The molecule has 1 unspecified atom stereocenters. The van der Waals surface area contributed by atoms with Gasteiger partial charge in [0.15, 0.2) is 0 Å². The van der Waals surface area contributed by atoms with Gasteiger partial charge in [-0.15, -0.1) is 0 Å². The van der Waals surface area contributed by atoms with Gasteiger partial charge >= 0.3 is 0 Å². The van der Waals surface area contributed by atoms with Crippen molar-refractivity contribution in [1.29, 1.82) is 0 Å². The van der Waals surface area contributed by atoms with E-state index in [9.17, 15) is 4.79 Å². The summed E-state index contributed by atoms with van der Waals surface area (Å²) in [6.45, 7) is 5.18. The van der Waals surface area contributed by atoms with Gasteiger partial charge in [-0.3, -0.25) is 4.79 Å². The monoisotopic (exact) mass is 292 g/mol. The molecule has 0 saturated heterocycles. The van der Waals surface area contributed by atoms with Gasteiger partial charge in [0.1, 0.15) is 0 Å². The largest absolute Gasteiger partial charge is 0.396 e. The minimum Gasteiger partial charge on any atom is -0.396 e. The van der Waals surface area contributed by atoms with Gasteiger partial charge in [0.25, 0.3) is 0 Å². The van der Waals surface area contributed by atoms with Crippen molar-refractivity contribution in [3.63, 3.8) is 0 Å². The first kappa shape index (κ1) is 17.7. The Morgan fingerprint density at radius 2 is 1.90 bits per heavy atom. The number of carbonyl (C=O) groups is 1.